The number of aromatic nitrogens is 4. The third-order valence-electron chi connectivity index (χ3n) is 6.69. The number of sulfonamides is 1. The van der Waals surface area contributed by atoms with Crippen molar-refractivity contribution in [2.45, 2.75) is 30.1 Å². The lowest BCUT2D eigenvalue weighted by atomic mass is 10.1. The molecule has 218 valence electrons. The molecule has 5 aromatic rings. The Hall–Kier alpha value is -4.50. The van der Waals surface area contributed by atoms with Crippen LogP contribution in [0.15, 0.2) is 82.6 Å². The first-order chi connectivity index (χ1) is 20.1. The minimum atomic E-state index is -4.88. The van der Waals surface area contributed by atoms with Crippen LogP contribution in [0.2, 0.25) is 0 Å². The smallest absolute Gasteiger partial charge is 0.432 e. The number of piperidine rings is 1. The summed E-state index contributed by atoms with van der Waals surface area (Å²) in [6.45, 7) is 0.341. The van der Waals surface area contributed by atoms with Gasteiger partial charge in [-0.2, -0.15) is 9.29 Å². The summed E-state index contributed by atoms with van der Waals surface area (Å²) in [4.78, 5) is 13.4. The Morgan fingerprint density at radius 3 is 2.52 bits per heavy atom. The Kier molecular flexibility index (Phi) is 7.06. The second kappa shape index (κ2) is 10.7. The molecule has 1 saturated heterocycles. The molecule has 2 aromatic carbocycles. The number of benzene rings is 2. The number of oxazole rings is 1. The molecule has 1 aliphatic rings. The third-order valence-corrected chi connectivity index (χ3v) is 8.57. The Bertz CT molecular complexity index is 1820. The van der Waals surface area contributed by atoms with E-state index in [9.17, 15) is 26.0 Å². The fourth-order valence-corrected chi connectivity index (χ4v) is 6.35. The molecule has 1 fully saturated rings. The van der Waals surface area contributed by atoms with Crippen LogP contribution in [-0.4, -0.2) is 57.6 Å². The summed E-state index contributed by atoms with van der Waals surface area (Å²) in [5.74, 6) is -0.310. The zero-order chi connectivity index (χ0) is 29.5. The molecule has 0 spiro atoms. The van der Waals surface area contributed by atoms with Gasteiger partial charge in [0.2, 0.25) is 16.0 Å². The van der Waals surface area contributed by atoms with Crippen molar-refractivity contribution in [2.75, 3.05) is 18.4 Å². The summed E-state index contributed by atoms with van der Waals surface area (Å²) in [6.07, 6.45) is 1.02. The number of hydrogen-bond acceptors (Lipinski definition) is 8. The fourth-order valence-electron chi connectivity index (χ4n) is 4.82. The summed E-state index contributed by atoms with van der Waals surface area (Å²) >= 11 is 0. The highest BCUT2D eigenvalue weighted by molar-refractivity contribution is 7.89. The molecule has 0 radical (unpaired) electrons. The number of nitrogens with one attached hydrogen (secondary N) is 1. The first-order valence-electron chi connectivity index (χ1n) is 12.7. The molecule has 42 heavy (non-hydrogen) atoms. The van der Waals surface area contributed by atoms with Crippen molar-refractivity contribution in [2.24, 2.45) is 0 Å². The Balaban J connectivity index is 1.22. The number of fused-ring (bicyclic) bond motifs is 1. The standard InChI is InChI=1S/C27H22F4N6O4S/c28-18-5-3-17(4-6-18)23-24(37-14-15-40-26(37)35-23)22-11-12-32-25(34-22)33-19-2-1-13-36(16-19)42(38,39)21-9-7-20(8-10-21)41-27(29,30)31/h3-12,14-15,19H,1-2,13,16H2,(H,32,33,34)/t19-/m1/s1. The van der Waals surface area contributed by atoms with E-state index in [-0.39, 0.29) is 35.8 Å². The van der Waals surface area contributed by atoms with Crippen molar-refractivity contribution in [3.05, 3.63) is 79.1 Å². The minimum absolute atomic E-state index is 0.0935. The number of halogens is 4. The predicted octanol–water partition coefficient (Wildman–Crippen LogP) is 5.35. The van der Waals surface area contributed by atoms with E-state index in [1.807, 2.05) is 0 Å². The molecule has 0 saturated carbocycles. The molecule has 1 atom stereocenters. The maximum atomic E-state index is 13.6. The van der Waals surface area contributed by atoms with Crippen LogP contribution >= 0.6 is 0 Å². The molecular formula is C27H22F4N6O4S. The number of rotatable bonds is 7. The third kappa shape index (κ3) is 5.65. The van der Waals surface area contributed by atoms with Gasteiger partial charge >= 0.3 is 12.2 Å². The second-order valence-electron chi connectivity index (χ2n) is 9.50. The highest BCUT2D eigenvalue weighted by Crippen LogP contribution is 2.33. The summed E-state index contributed by atoms with van der Waals surface area (Å²) in [5.41, 5.74) is 2.29. The Labute approximate surface area is 236 Å². The number of anilines is 1. The molecule has 15 heteroatoms. The number of ether oxygens (including phenoxy) is 1. The average molecular weight is 603 g/mol. The van der Waals surface area contributed by atoms with E-state index >= 15 is 0 Å². The number of imidazole rings is 1. The average Bonchev–Trinajstić information content (AvgIpc) is 3.55. The van der Waals surface area contributed by atoms with Crippen LogP contribution in [0.3, 0.4) is 0 Å². The van der Waals surface area contributed by atoms with Crippen molar-refractivity contribution in [1.29, 1.82) is 0 Å². The van der Waals surface area contributed by atoms with Crippen LogP contribution in [0.1, 0.15) is 12.8 Å². The van der Waals surface area contributed by atoms with E-state index in [2.05, 4.69) is 25.0 Å². The van der Waals surface area contributed by atoms with E-state index in [0.29, 0.717) is 41.3 Å². The molecule has 1 aliphatic heterocycles. The molecule has 0 aliphatic carbocycles. The van der Waals surface area contributed by atoms with Gasteiger partial charge in [-0.3, -0.25) is 4.40 Å². The van der Waals surface area contributed by atoms with Gasteiger partial charge in [0.15, 0.2) is 0 Å². The summed E-state index contributed by atoms with van der Waals surface area (Å²) in [5, 5.41) is 3.20. The largest absolute Gasteiger partial charge is 0.573 e. The van der Waals surface area contributed by atoms with Crippen molar-refractivity contribution in [3.8, 4) is 28.4 Å². The van der Waals surface area contributed by atoms with Crippen molar-refractivity contribution >= 4 is 21.8 Å². The molecule has 4 heterocycles. The fraction of sp³-hybridized carbons (Fsp3) is 0.222. The lowest BCUT2D eigenvalue weighted by molar-refractivity contribution is -0.274. The van der Waals surface area contributed by atoms with Crippen molar-refractivity contribution < 1.29 is 35.1 Å². The van der Waals surface area contributed by atoms with Gasteiger partial charge in [0, 0.05) is 37.1 Å². The summed E-state index contributed by atoms with van der Waals surface area (Å²) in [7, 11) is -3.98. The first-order valence-corrected chi connectivity index (χ1v) is 14.2. The summed E-state index contributed by atoms with van der Waals surface area (Å²) in [6, 6.07) is 11.3. The van der Waals surface area contributed by atoms with Crippen molar-refractivity contribution in [3.63, 3.8) is 0 Å². The van der Waals surface area contributed by atoms with Gasteiger partial charge in [-0.05, 0) is 67.4 Å². The number of nitrogens with zero attached hydrogens (tertiary/aromatic N) is 5. The quantitative estimate of drug-likeness (QED) is 0.248. The van der Waals surface area contributed by atoms with Gasteiger partial charge in [-0.25, -0.2) is 22.8 Å². The van der Waals surface area contributed by atoms with Crippen LogP contribution in [0.5, 0.6) is 5.75 Å². The van der Waals surface area contributed by atoms with Crippen LogP contribution in [0, 0.1) is 5.82 Å². The van der Waals surface area contributed by atoms with E-state index in [1.54, 1.807) is 35.0 Å². The topological polar surface area (TPSA) is 115 Å². The monoisotopic (exact) mass is 602 g/mol. The van der Waals surface area contributed by atoms with Gasteiger partial charge in [0.25, 0.3) is 0 Å². The zero-order valence-electron chi connectivity index (χ0n) is 21.6. The number of hydrogen-bond donors (Lipinski definition) is 1. The molecule has 10 nitrogen and oxygen atoms in total. The van der Waals surface area contributed by atoms with Crippen LogP contribution < -0.4 is 10.1 Å². The lowest BCUT2D eigenvalue weighted by Gasteiger charge is -2.32. The molecule has 0 unspecified atom stereocenters. The van der Waals surface area contributed by atoms with Gasteiger partial charge in [-0.15, -0.1) is 13.2 Å². The SMILES string of the molecule is O=S(=O)(c1ccc(OC(F)(F)F)cc1)N1CCC[C@@H](Nc2nccc(-c3c(-c4ccc(F)cc4)nc4occn34)n2)C1. The van der Waals surface area contributed by atoms with E-state index in [0.717, 1.165) is 24.3 Å². The van der Waals surface area contributed by atoms with Gasteiger partial charge in [-0.1, -0.05) is 0 Å². The van der Waals surface area contributed by atoms with Crippen LogP contribution in [0.4, 0.5) is 23.5 Å². The highest BCUT2D eigenvalue weighted by atomic mass is 32.2. The van der Waals surface area contributed by atoms with Crippen molar-refractivity contribution in [1.82, 2.24) is 23.7 Å². The maximum absolute atomic E-state index is 13.6. The molecule has 6 rings (SSSR count). The molecule has 0 amide bonds. The second-order valence-corrected chi connectivity index (χ2v) is 11.4. The molecule has 3 aromatic heterocycles. The maximum Gasteiger partial charge on any atom is 0.573 e. The molecular weight excluding hydrogens is 580 g/mol. The van der Waals surface area contributed by atoms with E-state index in [4.69, 9.17) is 4.42 Å². The van der Waals surface area contributed by atoms with Gasteiger partial charge in [0.05, 0.1) is 10.6 Å². The van der Waals surface area contributed by atoms with E-state index in [1.165, 1.54) is 22.7 Å². The minimum Gasteiger partial charge on any atom is -0.432 e. The Morgan fingerprint density at radius 2 is 1.79 bits per heavy atom. The number of alkyl halides is 3. The summed E-state index contributed by atoms with van der Waals surface area (Å²) < 4.78 is 89.7. The zero-order valence-corrected chi connectivity index (χ0v) is 22.4. The molecule has 1 N–H and O–H groups in total. The van der Waals surface area contributed by atoms with E-state index < -0.39 is 22.1 Å². The normalized spacial score (nSPS) is 16.5. The lowest BCUT2D eigenvalue weighted by Crippen LogP contribution is -2.45. The van der Waals surface area contributed by atoms with Gasteiger partial charge < -0.3 is 14.5 Å². The van der Waals surface area contributed by atoms with Crippen LogP contribution in [0.25, 0.3) is 28.5 Å². The Morgan fingerprint density at radius 1 is 1.02 bits per heavy atom. The van der Waals surface area contributed by atoms with Crippen LogP contribution in [-0.2, 0) is 10.0 Å². The predicted molar refractivity (Wildman–Crippen MR) is 142 cm³/mol. The van der Waals surface area contributed by atoms with Gasteiger partial charge in [0.1, 0.15) is 29.2 Å². The molecule has 0 bridgehead atoms. The first kappa shape index (κ1) is 27.7. The highest BCUT2D eigenvalue weighted by Gasteiger charge is 2.33.